The second kappa shape index (κ2) is 6.48. The lowest BCUT2D eigenvalue weighted by Gasteiger charge is -2.49. The molecule has 1 aromatic carbocycles. The lowest BCUT2D eigenvalue weighted by Crippen LogP contribution is -2.54. The standard InChI is InChI=1S/C18H28N2O3/c1-13-4-6-18(7-5-13)12-20(8-9-21)15-11-17(23-3)16(22-2)10-14(15)19-18/h10-11,13,19,21H,4-9,12H2,1-3H3. The van der Waals surface area contributed by atoms with Crippen LogP contribution in [0, 0.1) is 5.92 Å². The van der Waals surface area contributed by atoms with Gasteiger partial charge in [-0.15, -0.1) is 0 Å². The van der Waals surface area contributed by atoms with Gasteiger partial charge in [0.25, 0.3) is 0 Å². The van der Waals surface area contributed by atoms with Crippen molar-refractivity contribution in [2.24, 2.45) is 5.92 Å². The average molecular weight is 320 g/mol. The van der Waals surface area contributed by atoms with E-state index in [1.54, 1.807) is 14.2 Å². The van der Waals surface area contributed by atoms with Crippen LogP contribution in [-0.4, -0.2) is 44.6 Å². The number of nitrogens with zero attached hydrogens (tertiary/aromatic N) is 1. The number of aliphatic hydroxyl groups excluding tert-OH is 1. The Morgan fingerprint density at radius 1 is 1.22 bits per heavy atom. The van der Waals surface area contributed by atoms with E-state index < -0.39 is 0 Å². The molecule has 1 fully saturated rings. The Hall–Kier alpha value is -1.62. The second-order valence-corrected chi connectivity index (χ2v) is 6.96. The lowest BCUT2D eigenvalue weighted by molar-refractivity contribution is 0.253. The first kappa shape index (κ1) is 16.2. The predicted octanol–water partition coefficient (Wildman–Crippen LogP) is 2.88. The molecule has 1 aromatic rings. The van der Waals surface area contributed by atoms with Crippen molar-refractivity contribution in [3.05, 3.63) is 12.1 Å². The van der Waals surface area contributed by atoms with Crippen molar-refractivity contribution >= 4 is 11.4 Å². The van der Waals surface area contributed by atoms with Gasteiger partial charge < -0.3 is 24.8 Å². The van der Waals surface area contributed by atoms with Crippen LogP contribution >= 0.6 is 0 Å². The van der Waals surface area contributed by atoms with Gasteiger partial charge in [-0.1, -0.05) is 6.92 Å². The molecule has 1 aliphatic heterocycles. The van der Waals surface area contributed by atoms with Gasteiger partial charge in [-0.2, -0.15) is 0 Å². The summed E-state index contributed by atoms with van der Waals surface area (Å²) in [5.74, 6) is 2.27. The molecule has 0 unspecified atom stereocenters. The number of anilines is 2. The van der Waals surface area contributed by atoms with Crippen LogP contribution in [0.2, 0.25) is 0 Å². The van der Waals surface area contributed by atoms with E-state index >= 15 is 0 Å². The van der Waals surface area contributed by atoms with Crippen LogP contribution in [-0.2, 0) is 0 Å². The first-order chi connectivity index (χ1) is 11.1. The molecule has 5 nitrogen and oxygen atoms in total. The van der Waals surface area contributed by atoms with Crippen LogP contribution in [0.3, 0.4) is 0 Å². The Kier molecular flexibility index (Phi) is 4.57. The van der Waals surface area contributed by atoms with Crippen molar-refractivity contribution in [1.29, 1.82) is 0 Å². The number of benzene rings is 1. The summed E-state index contributed by atoms with van der Waals surface area (Å²) in [5.41, 5.74) is 2.27. The highest BCUT2D eigenvalue weighted by Gasteiger charge is 2.40. The molecule has 0 atom stereocenters. The molecule has 0 aromatic heterocycles. The van der Waals surface area contributed by atoms with E-state index in [1.165, 1.54) is 25.7 Å². The molecule has 3 rings (SSSR count). The monoisotopic (exact) mass is 320 g/mol. The smallest absolute Gasteiger partial charge is 0.162 e. The fraction of sp³-hybridized carbons (Fsp3) is 0.667. The fourth-order valence-corrected chi connectivity index (χ4v) is 3.92. The third kappa shape index (κ3) is 3.07. The number of fused-ring (bicyclic) bond motifs is 1. The molecule has 2 aliphatic rings. The average Bonchev–Trinajstić information content (AvgIpc) is 2.57. The molecule has 1 heterocycles. The number of hydrogen-bond donors (Lipinski definition) is 2. The Balaban J connectivity index is 1.97. The van der Waals surface area contributed by atoms with Crippen molar-refractivity contribution in [2.75, 3.05) is 44.1 Å². The molecular weight excluding hydrogens is 292 g/mol. The third-order valence-electron chi connectivity index (χ3n) is 5.34. The lowest BCUT2D eigenvalue weighted by atomic mass is 9.75. The van der Waals surface area contributed by atoms with Gasteiger partial charge in [-0.05, 0) is 31.6 Å². The molecule has 1 aliphatic carbocycles. The van der Waals surface area contributed by atoms with Gasteiger partial charge in [0.1, 0.15) is 0 Å². The number of ether oxygens (including phenoxy) is 2. The quantitative estimate of drug-likeness (QED) is 0.893. The van der Waals surface area contributed by atoms with E-state index in [-0.39, 0.29) is 12.1 Å². The summed E-state index contributed by atoms with van der Waals surface area (Å²) in [6.45, 7) is 4.06. The van der Waals surface area contributed by atoms with Crippen molar-refractivity contribution in [1.82, 2.24) is 0 Å². The van der Waals surface area contributed by atoms with E-state index in [0.717, 1.165) is 35.3 Å². The topological polar surface area (TPSA) is 54.0 Å². The highest BCUT2D eigenvalue weighted by atomic mass is 16.5. The normalized spacial score (nSPS) is 26.6. The predicted molar refractivity (Wildman–Crippen MR) is 92.8 cm³/mol. The molecule has 1 saturated carbocycles. The summed E-state index contributed by atoms with van der Waals surface area (Å²) in [6, 6.07) is 4.03. The van der Waals surface area contributed by atoms with Crippen molar-refractivity contribution in [2.45, 2.75) is 38.1 Å². The third-order valence-corrected chi connectivity index (χ3v) is 5.34. The van der Waals surface area contributed by atoms with Gasteiger partial charge in [0.2, 0.25) is 0 Å². The summed E-state index contributed by atoms with van der Waals surface area (Å²) in [7, 11) is 3.32. The van der Waals surface area contributed by atoms with Crippen molar-refractivity contribution in [3.63, 3.8) is 0 Å². The Bertz CT molecular complexity index is 553. The van der Waals surface area contributed by atoms with E-state index in [1.807, 2.05) is 12.1 Å². The van der Waals surface area contributed by atoms with Crippen LogP contribution in [0.5, 0.6) is 11.5 Å². The minimum Gasteiger partial charge on any atom is -0.493 e. The summed E-state index contributed by atoms with van der Waals surface area (Å²) in [4.78, 5) is 2.28. The van der Waals surface area contributed by atoms with Gasteiger partial charge in [0, 0.05) is 25.2 Å². The summed E-state index contributed by atoms with van der Waals surface area (Å²) in [5, 5.41) is 13.3. The maximum atomic E-state index is 9.48. The van der Waals surface area contributed by atoms with E-state index in [2.05, 4.69) is 17.1 Å². The van der Waals surface area contributed by atoms with Gasteiger partial charge in [0.15, 0.2) is 11.5 Å². The molecule has 5 heteroatoms. The molecule has 0 amide bonds. The van der Waals surface area contributed by atoms with Crippen LogP contribution in [0.15, 0.2) is 12.1 Å². The second-order valence-electron chi connectivity index (χ2n) is 6.96. The zero-order valence-electron chi connectivity index (χ0n) is 14.4. The molecule has 23 heavy (non-hydrogen) atoms. The van der Waals surface area contributed by atoms with Crippen molar-refractivity contribution < 1.29 is 14.6 Å². The van der Waals surface area contributed by atoms with E-state index in [9.17, 15) is 5.11 Å². The summed E-state index contributed by atoms with van der Waals surface area (Å²) >= 11 is 0. The fourth-order valence-electron chi connectivity index (χ4n) is 3.92. The number of rotatable bonds is 4. The van der Waals surface area contributed by atoms with Crippen molar-refractivity contribution in [3.8, 4) is 11.5 Å². The first-order valence-corrected chi connectivity index (χ1v) is 8.51. The van der Waals surface area contributed by atoms with E-state index in [0.29, 0.717) is 6.54 Å². The molecule has 0 bridgehead atoms. The number of methoxy groups -OCH3 is 2. The maximum Gasteiger partial charge on any atom is 0.162 e. The number of aliphatic hydroxyl groups is 1. The molecule has 128 valence electrons. The zero-order chi connectivity index (χ0) is 16.4. The van der Waals surface area contributed by atoms with Crippen LogP contribution in [0.4, 0.5) is 11.4 Å². The Labute approximate surface area is 138 Å². The van der Waals surface area contributed by atoms with E-state index in [4.69, 9.17) is 9.47 Å². The highest BCUT2D eigenvalue weighted by Crippen LogP contribution is 2.46. The first-order valence-electron chi connectivity index (χ1n) is 8.51. The number of nitrogens with one attached hydrogen (secondary N) is 1. The SMILES string of the molecule is COc1cc2c(cc1OC)N(CCO)CC1(CCC(C)CC1)N2. The minimum atomic E-state index is 0.105. The Morgan fingerprint density at radius 3 is 2.48 bits per heavy atom. The highest BCUT2D eigenvalue weighted by molar-refractivity contribution is 5.78. The Morgan fingerprint density at radius 2 is 1.87 bits per heavy atom. The molecule has 0 radical (unpaired) electrons. The molecule has 1 spiro atoms. The van der Waals surface area contributed by atoms with Crippen LogP contribution in [0.1, 0.15) is 32.6 Å². The summed E-state index contributed by atoms with van der Waals surface area (Å²) in [6.07, 6.45) is 4.85. The van der Waals surface area contributed by atoms with Gasteiger partial charge >= 0.3 is 0 Å². The van der Waals surface area contributed by atoms with Gasteiger partial charge in [-0.3, -0.25) is 0 Å². The minimum absolute atomic E-state index is 0.105. The number of β-amino-alcohol motifs (C(OH)–C–C–N with tert-alkyl or cyclic N) is 1. The van der Waals surface area contributed by atoms with Crippen LogP contribution < -0.4 is 19.7 Å². The largest absolute Gasteiger partial charge is 0.493 e. The molecule has 2 N–H and O–H groups in total. The zero-order valence-corrected chi connectivity index (χ0v) is 14.4. The summed E-state index contributed by atoms with van der Waals surface area (Å²) < 4.78 is 10.9. The maximum absolute atomic E-state index is 9.48. The number of hydrogen-bond acceptors (Lipinski definition) is 5. The molecular formula is C18H28N2O3. The molecule has 0 saturated heterocycles. The van der Waals surface area contributed by atoms with Crippen LogP contribution in [0.25, 0.3) is 0 Å². The van der Waals surface area contributed by atoms with Gasteiger partial charge in [-0.25, -0.2) is 0 Å². The van der Waals surface area contributed by atoms with Gasteiger partial charge in [0.05, 0.1) is 37.7 Å².